The van der Waals surface area contributed by atoms with E-state index >= 15 is 0 Å². The summed E-state index contributed by atoms with van der Waals surface area (Å²) in [5, 5.41) is 37.5. The molecule has 0 saturated carbocycles. The largest absolute Gasteiger partial charge is 0.480 e. The van der Waals surface area contributed by atoms with Gasteiger partial charge in [0.2, 0.25) is 35.4 Å². The summed E-state index contributed by atoms with van der Waals surface area (Å²) in [6, 6.07) is 0.990. The Bertz CT molecular complexity index is 2120. The molecular weight excluding hydrogens is 909 g/mol. The van der Waals surface area contributed by atoms with Crippen molar-refractivity contribution in [2.75, 3.05) is 13.7 Å². The molecule has 1 aromatic carbocycles. The minimum Gasteiger partial charge on any atom is -0.480 e. The van der Waals surface area contributed by atoms with Crippen LogP contribution < -0.4 is 48.7 Å². The summed E-state index contributed by atoms with van der Waals surface area (Å²) in [5.74, 6) is -12.7. The molecule has 13 N–H and O–H groups in total. The number of hydrogen-bond acceptors (Lipinski definition) is 11. The zero-order valence-electron chi connectivity index (χ0n) is 41.2. The summed E-state index contributed by atoms with van der Waals surface area (Å²) in [7, 11) is 1.61. The van der Waals surface area contributed by atoms with Crippen molar-refractivity contribution >= 4 is 59.2 Å². The van der Waals surface area contributed by atoms with Gasteiger partial charge in [0.25, 0.3) is 5.91 Å². The van der Waals surface area contributed by atoms with Gasteiger partial charge in [-0.2, -0.15) is 0 Å². The lowest BCUT2D eigenvalue weighted by molar-refractivity contribution is -0.146. The lowest BCUT2D eigenvalue weighted by atomic mass is 9.94. The van der Waals surface area contributed by atoms with E-state index in [4.69, 9.17) is 16.2 Å². The molecule has 0 aliphatic carbocycles. The SMILES string of the molecule is C=C1NC(=O)CCC(C(=O)O)NC(=O)C(C)C(/C=C/C(C)=C/C(C)C(Cc2ccccc2)OC)NC(=O)C(CCCN=C(N)N)NC(=O)C(C)C(C(=O)O)NC(=O)C(CC(C)C)NC(=O)C(C)NC1=O. The van der Waals surface area contributed by atoms with E-state index < -0.39 is 120 Å². The number of amides is 7. The van der Waals surface area contributed by atoms with Gasteiger partial charge in [0.15, 0.2) is 5.96 Å². The van der Waals surface area contributed by atoms with Crippen molar-refractivity contribution in [3.63, 3.8) is 0 Å². The summed E-state index contributed by atoms with van der Waals surface area (Å²) in [6.07, 6.45) is 4.59. The predicted octanol–water partition coefficient (Wildman–Crippen LogP) is 0.276. The molecule has 10 unspecified atom stereocenters. The van der Waals surface area contributed by atoms with Gasteiger partial charge < -0.3 is 63.6 Å². The molecule has 0 radical (unpaired) electrons. The Kier molecular flexibility index (Phi) is 24.5. The van der Waals surface area contributed by atoms with E-state index in [2.05, 4.69) is 48.8 Å². The summed E-state index contributed by atoms with van der Waals surface area (Å²) >= 11 is 0. The maximum atomic E-state index is 14.3. The molecule has 1 saturated heterocycles. The number of nitrogens with one attached hydrogen (secondary N) is 7. The molecule has 10 atom stereocenters. The number of carbonyl (C=O) groups excluding carboxylic acids is 7. The monoisotopic (exact) mass is 981 g/mol. The van der Waals surface area contributed by atoms with Gasteiger partial charge in [-0.1, -0.05) is 95.3 Å². The second-order valence-electron chi connectivity index (χ2n) is 17.9. The fourth-order valence-electron chi connectivity index (χ4n) is 7.28. The summed E-state index contributed by atoms with van der Waals surface area (Å²) in [5.41, 5.74) is 12.3. The highest BCUT2D eigenvalue weighted by molar-refractivity contribution is 6.00. The van der Waals surface area contributed by atoms with Crippen molar-refractivity contribution in [1.82, 2.24) is 37.2 Å². The van der Waals surface area contributed by atoms with Gasteiger partial charge in [0.1, 0.15) is 30.2 Å². The number of allylic oxidation sites excluding steroid dienone is 2. The normalized spacial score (nSPS) is 25.4. The number of rotatable bonds is 15. The molecule has 22 heteroatoms. The van der Waals surface area contributed by atoms with Gasteiger partial charge in [0.05, 0.1) is 29.7 Å². The molecule has 1 aromatic rings. The zero-order valence-corrected chi connectivity index (χ0v) is 41.2. The first-order valence-electron chi connectivity index (χ1n) is 23.1. The van der Waals surface area contributed by atoms with Crippen LogP contribution in [0, 0.1) is 23.7 Å². The van der Waals surface area contributed by atoms with Gasteiger partial charge in [-0.25, -0.2) is 9.59 Å². The van der Waals surface area contributed by atoms with E-state index in [0.29, 0.717) is 12.0 Å². The number of aliphatic imine (C=N–C) groups is 1. The number of carboxylic acids is 2. The highest BCUT2D eigenvalue weighted by Crippen LogP contribution is 2.19. The number of aliphatic carboxylic acids is 2. The average Bonchev–Trinajstić information content (AvgIpc) is 3.29. The van der Waals surface area contributed by atoms with Crippen LogP contribution in [0.2, 0.25) is 0 Å². The lowest BCUT2D eigenvalue weighted by Gasteiger charge is -2.28. The van der Waals surface area contributed by atoms with E-state index in [1.165, 1.54) is 26.8 Å². The van der Waals surface area contributed by atoms with Gasteiger partial charge >= 0.3 is 11.9 Å². The van der Waals surface area contributed by atoms with E-state index in [9.17, 15) is 53.4 Å². The fraction of sp³-hybridized carbons (Fsp3) is 0.542. The Morgan fingerprint density at radius 2 is 1.44 bits per heavy atom. The first-order valence-corrected chi connectivity index (χ1v) is 23.1. The maximum absolute atomic E-state index is 14.3. The van der Waals surface area contributed by atoms with Crippen LogP contribution in [0.3, 0.4) is 0 Å². The second kappa shape index (κ2) is 29.0. The van der Waals surface area contributed by atoms with E-state index in [-0.39, 0.29) is 49.7 Å². The molecule has 70 heavy (non-hydrogen) atoms. The van der Waals surface area contributed by atoms with Gasteiger partial charge in [0, 0.05) is 26.0 Å². The van der Waals surface area contributed by atoms with Crippen molar-refractivity contribution in [2.24, 2.45) is 40.1 Å². The zero-order chi connectivity index (χ0) is 52.8. The van der Waals surface area contributed by atoms with Crippen molar-refractivity contribution in [1.29, 1.82) is 0 Å². The molecule has 386 valence electrons. The van der Waals surface area contributed by atoms with Crippen LogP contribution in [0.1, 0.15) is 86.1 Å². The van der Waals surface area contributed by atoms with Crippen molar-refractivity contribution < 1.29 is 58.1 Å². The third-order valence-corrected chi connectivity index (χ3v) is 11.5. The molecule has 1 fully saturated rings. The number of nitrogens with zero attached hydrogens (tertiary/aromatic N) is 1. The van der Waals surface area contributed by atoms with Crippen LogP contribution in [0.5, 0.6) is 0 Å². The first kappa shape index (κ1) is 59.0. The van der Waals surface area contributed by atoms with Gasteiger partial charge in [-0.15, -0.1) is 0 Å². The first-order chi connectivity index (χ1) is 32.8. The Labute approximate surface area is 408 Å². The molecule has 0 spiro atoms. The molecule has 0 aromatic heterocycles. The lowest BCUT2D eigenvalue weighted by Crippen LogP contribution is -2.59. The minimum atomic E-state index is -1.88. The molecule has 2 rings (SSSR count). The van der Waals surface area contributed by atoms with Crippen LogP contribution in [0.25, 0.3) is 0 Å². The van der Waals surface area contributed by atoms with E-state index in [1.54, 1.807) is 34.0 Å². The number of benzene rings is 1. The number of nitrogens with two attached hydrogens (primary N) is 2. The third-order valence-electron chi connectivity index (χ3n) is 11.5. The summed E-state index contributed by atoms with van der Waals surface area (Å²) < 4.78 is 5.81. The Hall–Kier alpha value is -7.10. The number of methoxy groups -OCH3 is 1. The number of guanidine groups is 1. The predicted molar refractivity (Wildman–Crippen MR) is 260 cm³/mol. The molecule has 1 aliphatic rings. The summed E-state index contributed by atoms with van der Waals surface area (Å²) in [4.78, 5) is 124. The Morgan fingerprint density at radius 3 is 2.03 bits per heavy atom. The van der Waals surface area contributed by atoms with Crippen molar-refractivity contribution in [2.45, 2.75) is 129 Å². The van der Waals surface area contributed by atoms with Gasteiger partial charge in [-0.3, -0.25) is 38.6 Å². The Morgan fingerprint density at radius 1 is 0.829 bits per heavy atom. The number of carboxylic acid groups (broad SMARTS) is 2. The number of carbonyl (C=O) groups is 9. The standard InChI is InChI=1S/C48H72N10O12/c1-25(2)22-36-45(65)58-39(47(68)69)29(6)41(61)55-34(16-13-21-51-48(49)50)44(64)54-33(18-17-26(3)23-27(4)37(70-9)24-32-14-11-10-12-15-32)28(5)40(60)56-35(46(66)67)19-20-38(59)52-30(7)42(62)53-31(8)43(63)57-36/h10-12,14-15,17-18,23,25,27-29,31,33-37,39H,7,13,16,19-22,24H2,1-6,8-9H3,(H,52,59)(H,53,62)(H,54,64)(H,55,61)(H,56,60)(H,57,63)(H,58,65)(H,66,67)(H,68,69)(H4,49,50,51)/b18-17+,26-23+. The number of ether oxygens (including phenoxy) is 1. The molecule has 7 amide bonds. The topological polar surface area (TPSA) is 352 Å². The molecule has 0 bridgehead atoms. The molecule has 1 aliphatic heterocycles. The van der Waals surface area contributed by atoms with Crippen LogP contribution in [0.4, 0.5) is 0 Å². The molecular formula is C48H72N10O12. The second-order valence-corrected chi connectivity index (χ2v) is 17.9. The molecule has 1 heterocycles. The van der Waals surface area contributed by atoms with E-state index in [0.717, 1.165) is 5.56 Å². The van der Waals surface area contributed by atoms with Crippen LogP contribution >= 0.6 is 0 Å². The summed E-state index contributed by atoms with van der Waals surface area (Å²) in [6.45, 7) is 14.7. The fourth-order valence-corrected chi connectivity index (χ4v) is 7.28. The van der Waals surface area contributed by atoms with Crippen LogP contribution in [0.15, 0.2) is 71.4 Å². The maximum Gasteiger partial charge on any atom is 0.327 e. The Balaban J connectivity index is 2.70. The number of hydrogen-bond donors (Lipinski definition) is 11. The highest BCUT2D eigenvalue weighted by Gasteiger charge is 2.37. The smallest absolute Gasteiger partial charge is 0.327 e. The van der Waals surface area contributed by atoms with Crippen LogP contribution in [-0.2, 0) is 54.3 Å². The quantitative estimate of drug-likeness (QED) is 0.0370. The van der Waals surface area contributed by atoms with Crippen LogP contribution in [-0.4, -0.2) is 125 Å². The highest BCUT2D eigenvalue weighted by atomic mass is 16.5. The van der Waals surface area contributed by atoms with Crippen molar-refractivity contribution in [3.8, 4) is 0 Å². The average molecular weight is 981 g/mol. The minimum absolute atomic E-state index is 0.00493. The van der Waals surface area contributed by atoms with Gasteiger partial charge in [-0.05, 0) is 57.4 Å². The van der Waals surface area contributed by atoms with E-state index in [1.807, 2.05) is 43.3 Å². The molecule has 22 nitrogen and oxygen atoms in total. The third kappa shape index (κ3) is 20.2. The van der Waals surface area contributed by atoms with Crippen molar-refractivity contribution in [3.05, 3.63) is 72.0 Å².